The Morgan fingerprint density at radius 3 is 2.62 bits per heavy atom. The lowest BCUT2D eigenvalue weighted by Gasteiger charge is -2.31. The highest BCUT2D eigenvalue weighted by Crippen LogP contribution is 2.42. The average Bonchev–Trinajstić information content (AvgIpc) is 3.30. The van der Waals surface area contributed by atoms with E-state index in [2.05, 4.69) is 24.1 Å². The maximum absolute atomic E-state index is 12.7. The predicted octanol–water partition coefficient (Wildman–Crippen LogP) is 3.04. The molecule has 2 amide bonds. The molecule has 0 aromatic carbocycles. The fraction of sp³-hybridized carbons (Fsp3) is 0.722. The monoisotopic (exact) mass is 349 g/mol. The van der Waals surface area contributed by atoms with Crippen LogP contribution in [0.15, 0.2) is 5.51 Å². The molecule has 1 aliphatic heterocycles. The van der Waals surface area contributed by atoms with Gasteiger partial charge in [-0.2, -0.15) is 0 Å². The van der Waals surface area contributed by atoms with Crippen molar-refractivity contribution in [3.63, 3.8) is 0 Å². The molecule has 5 nitrogen and oxygen atoms in total. The first-order valence-electron chi connectivity index (χ1n) is 9.06. The second kappa shape index (κ2) is 7.64. The van der Waals surface area contributed by atoms with Gasteiger partial charge in [0.05, 0.1) is 11.2 Å². The Balaban J connectivity index is 1.48. The smallest absolute Gasteiger partial charge is 0.265 e. The van der Waals surface area contributed by atoms with Crippen molar-refractivity contribution in [1.29, 1.82) is 0 Å². The van der Waals surface area contributed by atoms with Gasteiger partial charge in [-0.3, -0.25) is 9.59 Å². The molecule has 1 aliphatic carbocycles. The van der Waals surface area contributed by atoms with E-state index in [1.54, 1.807) is 5.51 Å². The minimum Gasteiger partial charge on any atom is -0.356 e. The molecule has 2 fully saturated rings. The lowest BCUT2D eigenvalue weighted by atomic mass is 9.95. The Morgan fingerprint density at radius 2 is 2.00 bits per heavy atom. The third-order valence-corrected chi connectivity index (χ3v) is 5.76. The van der Waals surface area contributed by atoms with E-state index in [0.717, 1.165) is 49.2 Å². The highest BCUT2D eigenvalue weighted by molar-refractivity contribution is 7.11. The summed E-state index contributed by atoms with van der Waals surface area (Å²) in [7, 11) is 0. The number of aromatic nitrogens is 1. The SMILES string of the molecule is CC(C)CCNC(=O)C1CCN(C(=O)c2scnc2C2CC2)CC1. The first-order valence-corrected chi connectivity index (χ1v) is 9.94. The number of carbonyl (C=O) groups is 2. The zero-order valence-electron chi connectivity index (χ0n) is 14.6. The van der Waals surface area contributed by atoms with Crippen LogP contribution >= 0.6 is 11.3 Å². The predicted molar refractivity (Wildman–Crippen MR) is 95.2 cm³/mol. The maximum atomic E-state index is 12.7. The zero-order chi connectivity index (χ0) is 17.1. The van der Waals surface area contributed by atoms with E-state index in [1.807, 2.05) is 4.90 Å². The van der Waals surface area contributed by atoms with E-state index in [4.69, 9.17) is 0 Å². The average molecular weight is 350 g/mol. The Morgan fingerprint density at radius 1 is 1.29 bits per heavy atom. The number of likely N-dealkylation sites (tertiary alicyclic amines) is 1. The van der Waals surface area contributed by atoms with E-state index >= 15 is 0 Å². The van der Waals surface area contributed by atoms with Crippen LogP contribution in [0.3, 0.4) is 0 Å². The van der Waals surface area contributed by atoms with E-state index in [1.165, 1.54) is 11.3 Å². The van der Waals surface area contributed by atoms with Crippen LogP contribution in [-0.2, 0) is 4.79 Å². The number of thiazole rings is 1. The number of rotatable bonds is 6. The summed E-state index contributed by atoms with van der Waals surface area (Å²) in [6, 6.07) is 0. The Hall–Kier alpha value is -1.43. The van der Waals surface area contributed by atoms with Gasteiger partial charge in [-0.15, -0.1) is 11.3 Å². The molecule has 1 saturated heterocycles. The highest BCUT2D eigenvalue weighted by Gasteiger charge is 2.34. The minimum atomic E-state index is 0.0468. The van der Waals surface area contributed by atoms with Crippen molar-refractivity contribution in [2.75, 3.05) is 19.6 Å². The fourth-order valence-corrected chi connectivity index (χ4v) is 4.02. The molecule has 2 aliphatic rings. The number of piperidine rings is 1. The van der Waals surface area contributed by atoms with Gasteiger partial charge in [-0.05, 0) is 38.0 Å². The van der Waals surface area contributed by atoms with Gasteiger partial charge < -0.3 is 10.2 Å². The highest BCUT2D eigenvalue weighted by atomic mass is 32.1. The standard InChI is InChI=1S/C18H27N3O2S/c1-12(2)5-8-19-17(22)14-6-9-21(10-7-14)18(23)16-15(13-3-4-13)20-11-24-16/h11-14H,3-10H2,1-2H3,(H,19,22). The number of hydrogen-bond donors (Lipinski definition) is 1. The molecule has 1 aromatic heterocycles. The normalized spacial score (nSPS) is 18.9. The number of nitrogens with one attached hydrogen (secondary N) is 1. The van der Waals surface area contributed by atoms with Gasteiger partial charge in [-0.25, -0.2) is 4.98 Å². The van der Waals surface area contributed by atoms with E-state index < -0.39 is 0 Å². The molecule has 24 heavy (non-hydrogen) atoms. The third-order valence-electron chi connectivity index (χ3n) is 4.93. The van der Waals surface area contributed by atoms with Gasteiger partial charge in [0.25, 0.3) is 5.91 Å². The van der Waals surface area contributed by atoms with Gasteiger partial charge in [0.1, 0.15) is 4.88 Å². The first-order chi connectivity index (χ1) is 11.6. The quantitative estimate of drug-likeness (QED) is 0.859. The fourth-order valence-electron chi connectivity index (χ4n) is 3.18. The van der Waals surface area contributed by atoms with Crippen molar-refractivity contribution in [2.45, 2.75) is 51.9 Å². The molecule has 2 heterocycles. The zero-order valence-corrected chi connectivity index (χ0v) is 15.4. The molecular weight excluding hydrogens is 322 g/mol. The van der Waals surface area contributed by atoms with Crippen LogP contribution in [0.4, 0.5) is 0 Å². The summed E-state index contributed by atoms with van der Waals surface area (Å²) in [5.74, 6) is 1.41. The topological polar surface area (TPSA) is 62.3 Å². The Bertz CT molecular complexity index is 587. The molecule has 1 aromatic rings. The third kappa shape index (κ3) is 4.15. The molecule has 0 atom stereocenters. The van der Waals surface area contributed by atoms with E-state index in [9.17, 15) is 9.59 Å². The summed E-state index contributed by atoms with van der Waals surface area (Å²) in [6.45, 7) is 6.41. The second-order valence-electron chi connectivity index (χ2n) is 7.38. The van der Waals surface area contributed by atoms with Crippen molar-refractivity contribution in [3.8, 4) is 0 Å². The van der Waals surface area contributed by atoms with E-state index in [0.29, 0.717) is 24.9 Å². The van der Waals surface area contributed by atoms with Gasteiger partial charge in [-0.1, -0.05) is 13.8 Å². The van der Waals surface area contributed by atoms with Crippen LogP contribution in [0.5, 0.6) is 0 Å². The number of amides is 2. The lowest BCUT2D eigenvalue weighted by molar-refractivity contribution is -0.126. The summed E-state index contributed by atoms with van der Waals surface area (Å²) < 4.78 is 0. The molecule has 0 radical (unpaired) electrons. The number of hydrogen-bond acceptors (Lipinski definition) is 4. The van der Waals surface area contributed by atoms with Crippen LogP contribution in [0.1, 0.15) is 67.2 Å². The molecule has 1 saturated carbocycles. The Kier molecular flexibility index (Phi) is 5.54. The van der Waals surface area contributed by atoms with Crippen molar-refractivity contribution in [1.82, 2.24) is 15.2 Å². The molecule has 0 bridgehead atoms. The van der Waals surface area contributed by atoms with Gasteiger partial charge in [0.2, 0.25) is 5.91 Å². The molecule has 3 rings (SSSR count). The summed E-state index contributed by atoms with van der Waals surface area (Å²) in [4.78, 5) is 32.1. The van der Waals surface area contributed by atoms with Crippen LogP contribution in [0.2, 0.25) is 0 Å². The molecule has 0 unspecified atom stereocenters. The minimum absolute atomic E-state index is 0.0468. The largest absolute Gasteiger partial charge is 0.356 e. The van der Waals surface area contributed by atoms with Crippen molar-refractivity contribution < 1.29 is 9.59 Å². The van der Waals surface area contributed by atoms with Gasteiger partial charge >= 0.3 is 0 Å². The van der Waals surface area contributed by atoms with Gasteiger partial charge in [0.15, 0.2) is 0 Å². The summed E-state index contributed by atoms with van der Waals surface area (Å²) in [6.07, 6.45) is 4.84. The number of nitrogens with zero attached hydrogens (tertiary/aromatic N) is 2. The first kappa shape index (κ1) is 17.4. The van der Waals surface area contributed by atoms with Gasteiger partial charge in [0, 0.05) is 31.5 Å². The van der Waals surface area contributed by atoms with E-state index in [-0.39, 0.29) is 17.7 Å². The van der Waals surface area contributed by atoms with Crippen molar-refractivity contribution in [2.24, 2.45) is 11.8 Å². The lowest BCUT2D eigenvalue weighted by Crippen LogP contribution is -2.43. The van der Waals surface area contributed by atoms with Crippen LogP contribution in [0.25, 0.3) is 0 Å². The summed E-state index contributed by atoms with van der Waals surface area (Å²) in [5, 5.41) is 3.04. The van der Waals surface area contributed by atoms with Crippen LogP contribution < -0.4 is 5.32 Å². The number of carbonyl (C=O) groups excluding carboxylic acids is 2. The maximum Gasteiger partial charge on any atom is 0.265 e. The van der Waals surface area contributed by atoms with Crippen molar-refractivity contribution >= 4 is 23.2 Å². The molecule has 6 heteroatoms. The van der Waals surface area contributed by atoms with Crippen LogP contribution in [0, 0.1) is 11.8 Å². The van der Waals surface area contributed by atoms with Crippen LogP contribution in [-0.4, -0.2) is 41.3 Å². The molecule has 0 spiro atoms. The second-order valence-corrected chi connectivity index (χ2v) is 8.24. The molecule has 132 valence electrons. The summed E-state index contributed by atoms with van der Waals surface area (Å²) in [5.41, 5.74) is 2.79. The molecule has 1 N–H and O–H groups in total. The Labute approximate surface area is 147 Å². The molecular formula is C18H27N3O2S. The van der Waals surface area contributed by atoms with Crippen molar-refractivity contribution in [3.05, 3.63) is 16.1 Å². The summed E-state index contributed by atoms with van der Waals surface area (Å²) >= 11 is 1.46.